The van der Waals surface area contributed by atoms with Crippen LogP contribution in [0.4, 0.5) is 5.69 Å². The SMILES string of the molecule is CCOc1ccc(OCC)c(NCc2ccn[nH]2)c1. The summed E-state index contributed by atoms with van der Waals surface area (Å²) in [6.07, 6.45) is 1.73. The highest BCUT2D eigenvalue weighted by Gasteiger charge is 2.06. The minimum absolute atomic E-state index is 0.632. The predicted molar refractivity (Wildman–Crippen MR) is 74.7 cm³/mol. The van der Waals surface area contributed by atoms with Gasteiger partial charge in [0.1, 0.15) is 11.5 Å². The van der Waals surface area contributed by atoms with Crippen LogP contribution in [-0.4, -0.2) is 23.4 Å². The first-order chi connectivity index (χ1) is 9.33. The number of hydrogen-bond acceptors (Lipinski definition) is 4. The number of nitrogens with one attached hydrogen (secondary N) is 2. The first kappa shape index (κ1) is 13.3. The van der Waals surface area contributed by atoms with E-state index in [1.165, 1.54) is 0 Å². The van der Waals surface area contributed by atoms with Crippen molar-refractivity contribution in [3.63, 3.8) is 0 Å². The van der Waals surface area contributed by atoms with Gasteiger partial charge in [0.05, 0.1) is 31.1 Å². The number of rotatable bonds is 7. The summed E-state index contributed by atoms with van der Waals surface area (Å²) in [4.78, 5) is 0. The zero-order valence-electron chi connectivity index (χ0n) is 11.3. The molecule has 19 heavy (non-hydrogen) atoms. The highest BCUT2D eigenvalue weighted by Crippen LogP contribution is 2.29. The van der Waals surface area contributed by atoms with Gasteiger partial charge < -0.3 is 14.8 Å². The van der Waals surface area contributed by atoms with Crippen LogP contribution >= 0.6 is 0 Å². The second-order valence-electron chi connectivity index (χ2n) is 3.96. The number of H-pyrrole nitrogens is 1. The molecule has 2 rings (SSSR count). The number of nitrogens with zero attached hydrogens (tertiary/aromatic N) is 1. The molecule has 1 aromatic heterocycles. The summed E-state index contributed by atoms with van der Waals surface area (Å²) in [5.41, 5.74) is 1.94. The summed E-state index contributed by atoms with van der Waals surface area (Å²) in [6, 6.07) is 7.71. The van der Waals surface area contributed by atoms with Gasteiger partial charge >= 0.3 is 0 Å². The summed E-state index contributed by atoms with van der Waals surface area (Å²) in [7, 11) is 0. The molecule has 1 aromatic carbocycles. The molecule has 0 amide bonds. The molecule has 0 aliphatic heterocycles. The number of aromatic nitrogens is 2. The molecular weight excluding hydrogens is 242 g/mol. The van der Waals surface area contributed by atoms with Gasteiger partial charge in [-0.3, -0.25) is 5.10 Å². The van der Waals surface area contributed by atoms with Crippen LogP contribution in [0.25, 0.3) is 0 Å². The second kappa shape index (κ2) is 6.68. The van der Waals surface area contributed by atoms with E-state index in [4.69, 9.17) is 9.47 Å². The lowest BCUT2D eigenvalue weighted by Crippen LogP contribution is -2.04. The number of hydrogen-bond donors (Lipinski definition) is 2. The Bertz CT molecular complexity index is 497. The molecule has 0 aliphatic rings. The summed E-state index contributed by atoms with van der Waals surface area (Å²) in [6.45, 7) is 5.87. The third-order valence-electron chi connectivity index (χ3n) is 2.59. The first-order valence-electron chi connectivity index (χ1n) is 6.45. The van der Waals surface area contributed by atoms with Gasteiger partial charge in [0.25, 0.3) is 0 Å². The van der Waals surface area contributed by atoms with Crippen molar-refractivity contribution >= 4 is 5.69 Å². The lowest BCUT2D eigenvalue weighted by molar-refractivity contribution is 0.332. The van der Waals surface area contributed by atoms with Crippen LogP contribution in [0.5, 0.6) is 11.5 Å². The van der Waals surface area contributed by atoms with Crippen molar-refractivity contribution in [3.8, 4) is 11.5 Å². The Morgan fingerprint density at radius 1 is 1.16 bits per heavy atom. The summed E-state index contributed by atoms with van der Waals surface area (Å²) < 4.78 is 11.1. The van der Waals surface area contributed by atoms with Crippen molar-refractivity contribution in [1.29, 1.82) is 0 Å². The number of benzene rings is 1. The topological polar surface area (TPSA) is 59.2 Å². The molecule has 0 saturated carbocycles. The van der Waals surface area contributed by atoms with E-state index in [0.717, 1.165) is 22.9 Å². The molecular formula is C14H19N3O2. The van der Waals surface area contributed by atoms with Gasteiger partial charge in [-0.2, -0.15) is 5.10 Å². The van der Waals surface area contributed by atoms with E-state index >= 15 is 0 Å². The van der Waals surface area contributed by atoms with Gasteiger partial charge in [0, 0.05) is 12.3 Å². The molecule has 5 nitrogen and oxygen atoms in total. The Morgan fingerprint density at radius 2 is 2.00 bits per heavy atom. The normalized spacial score (nSPS) is 10.2. The van der Waals surface area contributed by atoms with Crippen LogP contribution in [0.15, 0.2) is 30.5 Å². The summed E-state index contributed by atoms with van der Waals surface area (Å²) >= 11 is 0. The number of anilines is 1. The molecule has 0 saturated heterocycles. The maximum absolute atomic E-state index is 5.60. The second-order valence-corrected chi connectivity index (χ2v) is 3.96. The Labute approximate surface area is 112 Å². The van der Waals surface area contributed by atoms with E-state index in [0.29, 0.717) is 19.8 Å². The zero-order chi connectivity index (χ0) is 13.5. The molecule has 0 atom stereocenters. The van der Waals surface area contributed by atoms with Crippen LogP contribution in [0.3, 0.4) is 0 Å². The Balaban J connectivity index is 2.11. The Kier molecular flexibility index (Phi) is 4.66. The lowest BCUT2D eigenvalue weighted by atomic mass is 10.2. The monoisotopic (exact) mass is 261 g/mol. The lowest BCUT2D eigenvalue weighted by Gasteiger charge is -2.13. The molecule has 0 fully saturated rings. The minimum Gasteiger partial charge on any atom is -0.494 e. The van der Waals surface area contributed by atoms with Crippen molar-refractivity contribution < 1.29 is 9.47 Å². The predicted octanol–water partition coefficient (Wildman–Crippen LogP) is 2.82. The maximum atomic E-state index is 5.60. The fourth-order valence-electron chi connectivity index (χ4n) is 1.76. The van der Waals surface area contributed by atoms with Gasteiger partial charge in [-0.15, -0.1) is 0 Å². The largest absolute Gasteiger partial charge is 0.494 e. The third-order valence-corrected chi connectivity index (χ3v) is 2.59. The van der Waals surface area contributed by atoms with Crippen LogP contribution in [-0.2, 0) is 6.54 Å². The molecule has 0 bridgehead atoms. The first-order valence-corrected chi connectivity index (χ1v) is 6.45. The van der Waals surface area contributed by atoms with Crippen molar-refractivity contribution in [1.82, 2.24) is 10.2 Å². The molecule has 0 unspecified atom stereocenters. The molecule has 1 heterocycles. The van der Waals surface area contributed by atoms with E-state index in [9.17, 15) is 0 Å². The fraction of sp³-hybridized carbons (Fsp3) is 0.357. The van der Waals surface area contributed by atoms with Gasteiger partial charge in [0.15, 0.2) is 0 Å². The maximum Gasteiger partial charge on any atom is 0.142 e. The average molecular weight is 261 g/mol. The van der Waals surface area contributed by atoms with E-state index < -0.39 is 0 Å². The van der Waals surface area contributed by atoms with Gasteiger partial charge in [-0.1, -0.05) is 0 Å². The van der Waals surface area contributed by atoms with Gasteiger partial charge in [0.2, 0.25) is 0 Å². The van der Waals surface area contributed by atoms with E-state index in [2.05, 4.69) is 15.5 Å². The van der Waals surface area contributed by atoms with Crippen LogP contribution in [0.2, 0.25) is 0 Å². The van der Waals surface area contributed by atoms with Crippen LogP contribution in [0.1, 0.15) is 19.5 Å². The molecule has 2 aromatic rings. The molecule has 0 spiro atoms. The number of ether oxygens (including phenoxy) is 2. The highest BCUT2D eigenvalue weighted by molar-refractivity contribution is 5.59. The quantitative estimate of drug-likeness (QED) is 0.804. The van der Waals surface area contributed by atoms with Crippen molar-refractivity contribution in [3.05, 3.63) is 36.2 Å². The molecule has 0 aliphatic carbocycles. The molecule has 102 valence electrons. The minimum atomic E-state index is 0.632. The molecule has 5 heteroatoms. The van der Waals surface area contributed by atoms with E-state index in [1.54, 1.807) is 6.20 Å². The van der Waals surface area contributed by atoms with Crippen molar-refractivity contribution in [2.75, 3.05) is 18.5 Å². The molecule has 2 N–H and O–H groups in total. The zero-order valence-corrected chi connectivity index (χ0v) is 11.3. The fourth-order valence-corrected chi connectivity index (χ4v) is 1.76. The van der Waals surface area contributed by atoms with Gasteiger partial charge in [-0.25, -0.2) is 0 Å². The highest BCUT2D eigenvalue weighted by atomic mass is 16.5. The van der Waals surface area contributed by atoms with E-state index in [-0.39, 0.29) is 0 Å². The standard InChI is InChI=1S/C14H19N3O2/c1-3-18-12-5-6-14(19-4-2)13(9-12)15-10-11-7-8-16-17-11/h5-9,15H,3-4,10H2,1-2H3,(H,16,17). The van der Waals surface area contributed by atoms with Crippen LogP contribution < -0.4 is 14.8 Å². The summed E-state index contributed by atoms with van der Waals surface area (Å²) in [5, 5.41) is 10.2. The number of aromatic amines is 1. The smallest absolute Gasteiger partial charge is 0.142 e. The van der Waals surface area contributed by atoms with Crippen LogP contribution in [0, 0.1) is 0 Å². The Morgan fingerprint density at radius 3 is 2.68 bits per heavy atom. The van der Waals surface area contributed by atoms with E-state index in [1.807, 2.05) is 38.1 Å². The van der Waals surface area contributed by atoms with Crippen molar-refractivity contribution in [2.24, 2.45) is 0 Å². The van der Waals surface area contributed by atoms with Crippen molar-refractivity contribution in [2.45, 2.75) is 20.4 Å². The summed E-state index contributed by atoms with van der Waals surface area (Å²) in [5.74, 6) is 1.66. The Hall–Kier alpha value is -2.17. The third kappa shape index (κ3) is 3.64. The average Bonchev–Trinajstić information content (AvgIpc) is 2.92. The molecule has 0 radical (unpaired) electrons. The van der Waals surface area contributed by atoms with Gasteiger partial charge in [-0.05, 0) is 32.0 Å².